The van der Waals surface area contributed by atoms with Crippen molar-refractivity contribution in [3.63, 3.8) is 0 Å². The molecule has 1 aromatic heterocycles. The van der Waals surface area contributed by atoms with Crippen LogP contribution in [0.1, 0.15) is 13.3 Å². The molecule has 0 spiro atoms. The van der Waals surface area contributed by atoms with Crippen molar-refractivity contribution < 1.29 is 9.13 Å². The highest BCUT2D eigenvalue weighted by atomic mass is 19.1. The molecule has 0 saturated carbocycles. The van der Waals surface area contributed by atoms with Gasteiger partial charge in [-0.1, -0.05) is 19.1 Å². The highest BCUT2D eigenvalue weighted by Crippen LogP contribution is 2.24. The molecule has 0 aliphatic carbocycles. The number of rotatable bonds is 5. The molecule has 0 aliphatic heterocycles. The molecule has 3 N–H and O–H groups in total. The number of hydrogen-bond acceptors (Lipinski definition) is 4. The summed E-state index contributed by atoms with van der Waals surface area (Å²) < 4.78 is 18.9. The monoisotopic (exact) mass is 261 g/mol. The van der Waals surface area contributed by atoms with Crippen molar-refractivity contribution in [2.45, 2.75) is 13.3 Å². The first-order valence-corrected chi connectivity index (χ1v) is 6.11. The fourth-order valence-corrected chi connectivity index (χ4v) is 1.54. The first-order valence-electron chi connectivity index (χ1n) is 6.11. The van der Waals surface area contributed by atoms with E-state index in [2.05, 4.69) is 10.3 Å². The number of aromatic nitrogens is 1. The van der Waals surface area contributed by atoms with Gasteiger partial charge in [-0.2, -0.15) is 4.98 Å². The Kier molecular flexibility index (Phi) is 4.18. The van der Waals surface area contributed by atoms with Gasteiger partial charge in [-0.05, 0) is 30.7 Å². The molecule has 2 aromatic rings. The predicted molar refractivity (Wildman–Crippen MR) is 74.1 cm³/mol. The number of halogens is 1. The van der Waals surface area contributed by atoms with Crippen LogP contribution in [0.5, 0.6) is 5.88 Å². The molecule has 0 saturated heterocycles. The third-order valence-corrected chi connectivity index (χ3v) is 2.47. The summed E-state index contributed by atoms with van der Waals surface area (Å²) in [7, 11) is 0. The van der Waals surface area contributed by atoms with Crippen LogP contribution in [0.25, 0.3) is 0 Å². The van der Waals surface area contributed by atoms with Crippen LogP contribution in [0.3, 0.4) is 0 Å². The van der Waals surface area contributed by atoms with Crippen LogP contribution in [0.2, 0.25) is 0 Å². The molecule has 2 rings (SSSR count). The summed E-state index contributed by atoms with van der Waals surface area (Å²) in [6.07, 6.45) is 0.867. The quantitative estimate of drug-likeness (QED) is 0.866. The predicted octanol–water partition coefficient (Wildman–Crippen LogP) is 3.34. The minimum absolute atomic E-state index is 0.336. The molecule has 4 nitrogen and oxygen atoms in total. The van der Waals surface area contributed by atoms with E-state index in [9.17, 15) is 4.39 Å². The zero-order valence-corrected chi connectivity index (χ0v) is 10.7. The number of hydrogen-bond donors (Lipinski definition) is 2. The molecule has 0 fully saturated rings. The third kappa shape index (κ3) is 3.34. The van der Waals surface area contributed by atoms with Gasteiger partial charge in [-0.25, -0.2) is 4.39 Å². The lowest BCUT2D eigenvalue weighted by Gasteiger charge is -2.10. The van der Waals surface area contributed by atoms with Gasteiger partial charge in [0, 0.05) is 0 Å². The lowest BCUT2D eigenvalue weighted by Crippen LogP contribution is -2.03. The van der Waals surface area contributed by atoms with Crippen molar-refractivity contribution in [2.24, 2.45) is 0 Å². The average molecular weight is 261 g/mol. The van der Waals surface area contributed by atoms with Crippen LogP contribution in [0, 0.1) is 5.82 Å². The molecule has 5 heteroatoms. The maximum atomic E-state index is 13.5. The first-order chi connectivity index (χ1) is 9.20. The number of benzene rings is 1. The lowest BCUT2D eigenvalue weighted by molar-refractivity contribution is 0.307. The summed E-state index contributed by atoms with van der Waals surface area (Å²) in [6.45, 7) is 2.54. The van der Waals surface area contributed by atoms with Gasteiger partial charge in [0.2, 0.25) is 5.88 Å². The van der Waals surface area contributed by atoms with Gasteiger partial charge < -0.3 is 15.8 Å². The van der Waals surface area contributed by atoms with Gasteiger partial charge in [0.25, 0.3) is 0 Å². The van der Waals surface area contributed by atoms with Crippen LogP contribution in [-0.2, 0) is 0 Å². The smallest absolute Gasteiger partial charge is 0.239 e. The van der Waals surface area contributed by atoms with Crippen molar-refractivity contribution in [1.29, 1.82) is 0 Å². The van der Waals surface area contributed by atoms with Crippen LogP contribution >= 0.6 is 0 Å². The largest absolute Gasteiger partial charge is 0.476 e. The molecule has 19 heavy (non-hydrogen) atoms. The zero-order chi connectivity index (χ0) is 13.7. The Hall–Kier alpha value is -2.30. The van der Waals surface area contributed by atoms with E-state index in [0.29, 0.717) is 29.7 Å². The summed E-state index contributed by atoms with van der Waals surface area (Å²) in [5, 5.41) is 2.89. The Labute approximate surface area is 111 Å². The minimum Gasteiger partial charge on any atom is -0.476 e. The Balaban J connectivity index is 2.19. The van der Waals surface area contributed by atoms with Gasteiger partial charge in [0.15, 0.2) is 0 Å². The Morgan fingerprint density at radius 3 is 2.79 bits per heavy atom. The molecule has 0 radical (unpaired) electrons. The van der Waals surface area contributed by atoms with Crippen molar-refractivity contribution >= 4 is 17.2 Å². The first kappa shape index (κ1) is 13.1. The second kappa shape index (κ2) is 6.04. The highest BCUT2D eigenvalue weighted by Gasteiger charge is 2.06. The van der Waals surface area contributed by atoms with Crippen molar-refractivity contribution in [3.8, 4) is 5.88 Å². The summed E-state index contributed by atoms with van der Waals surface area (Å²) in [5.41, 5.74) is 6.59. The van der Waals surface area contributed by atoms with Gasteiger partial charge >= 0.3 is 0 Å². The number of nitrogen functional groups attached to an aromatic ring is 1. The number of nitrogens with zero attached hydrogens (tertiary/aromatic N) is 1. The molecular formula is C14H16FN3O. The number of ether oxygens (including phenoxy) is 1. The molecule has 1 aromatic carbocycles. The Morgan fingerprint density at radius 1 is 1.26 bits per heavy atom. The molecule has 0 amide bonds. The van der Waals surface area contributed by atoms with Gasteiger partial charge in [-0.3, -0.25) is 0 Å². The highest BCUT2D eigenvalue weighted by molar-refractivity contribution is 5.60. The van der Waals surface area contributed by atoms with E-state index >= 15 is 0 Å². The molecule has 0 atom stereocenters. The van der Waals surface area contributed by atoms with Gasteiger partial charge in [0.05, 0.1) is 18.0 Å². The van der Waals surface area contributed by atoms with Crippen molar-refractivity contribution in [2.75, 3.05) is 17.7 Å². The van der Waals surface area contributed by atoms with Gasteiger partial charge in [-0.15, -0.1) is 0 Å². The van der Waals surface area contributed by atoms with E-state index in [1.54, 1.807) is 30.3 Å². The fourth-order valence-electron chi connectivity index (χ4n) is 1.54. The number of anilines is 3. The minimum atomic E-state index is -0.336. The molecule has 0 aliphatic rings. The summed E-state index contributed by atoms with van der Waals surface area (Å²) in [5.74, 6) is 0.519. The summed E-state index contributed by atoms with van der Waals surface area (Å²) in [6, 6.07) is 9.76. The number of nitrogens with two attached hydrogens (primary N) is 1. The van der Waals surface area contributed by atoms with Gasteiger partial charge in [0.1, 0.15) is 11.6 Å². The van der Waals surface area contributed by atoms with E-state index in [4.69, 9.17) is 10.5 Å². The van der Waals surface area contributed by atoms with E-state index in [1.165, 1.54) is 6.07 Å². The summed E-state index contributed by atoms with van der Waals surface area (Å²) in [4.78, 5) is 4.22. The second-order valence-electron chi connectivity index (χ2n) is 4.04. The Morgan fingerprint density at radius 2 is 2.05 bits per heavy atom. The third-order valence-electron chi connectivity index (χ3n) is 2.47. The standard InChI is InChI=1S/C14H16FN3O/c1-2-9-19-14-11(16)7-8-13(18-14)17-12-6-4-3-5-10(12)15/h3-8H,2,9,16H2,1H3,(H,17,18). The number of para-hydroxylation sites is 1. The van der Waals surface area contributed by atoms with Crippen LogP contribution < -0.4 is 15.8 Å². The maximum Gasteiger partial charge on any atom is 0.239 e. The van der Waals surface area contributed by atoms with Crippen molar-refractivity contribution in [3.05, 3.63) is 42.2 Å². The molecule has 0 unspecified atom stereocenters. The van der Waals surface area contributed by atoms with E-state index < -0.39 is 0 Å². The molecule has 1 heterocycles. The summed E-state index contributed by atoms with van der Waals surface area (Å²) >= 11 is 0. The molecule has 100 valence electrons. The molecular weight excluding hydrogens is 245 g/mol. The van der Waals surface area contributed by atoms with E-state index in [-0.39, 0.29) is 5.82 Å². The zero-order valence-electron chi connectivity index (χ0n) is 10.7. The van der Waals surface area contributed by atoms with Crippen LogP contribution in [-0.4, -0.2) is 11.6 Å². The van der Waals surface area contributed by atoms with Crippen LogP contribution in [0.4, 0.5) is 21.6 Å². The van der Waals surface area contributed by atoms with E-state index in [0.717, 1.165) is 6.42 Å². The van der Waals surface area contributed by atoms with Crippen molar-refractivity contribution in [1.82, 2.24) is 4.98 Å². The maximum absolute atomic E-state index is 13.5. The normalized spacial score (nSPS) is 10.2. The fraction of sp³-hybridized carbons (Fsp3) is 0.214. The van der Waals surface area contributed by atoms with E-state index in [1.807, 2.05) is 6.92 Å². The lowest BCUT2D eigenvalue weighted by atomic mass is 10.3. The SMILES string of the molecule is CCCOc1nc(Nc2ccccc2F)ccc1N. The van der Waals surface area contributed by atoms with Crippen LogP contribution in [0.15, 0.2) is 36.4 Å². The topological polar surface area (TPSA) is 60.2 Å². The molecule has 0 bridgehead atoms. The number of pyridine rings is 1. The average Bonchev–Trinajstić information content (AvgIpc) is 2.42. The number of nitrogens with one attached hydrogen (secondary N) is 1. The Bertz CT molecular complexity index is 560. The second-order valence-corrected chi connectivity index (χ2v) is 4.04.